The lowest BCUT2D eigenvalue weighted by Gasteiger charge is -2.22. The van der Waals surface area contributed by atoms with Crippen molar-refractivity contribution >= 4 is 16.7 Å². The molecule has 1 unspecified atom stereocenters. The molecule has 1 atom stereocenters. The van der Waals surface area contributed by atoms with Gasteiger partial charge < -0.3 is 10.4 Å². The zero-order valence-corrected chi connectivity index (χ0v) is 15.3. The predicted molar refractivity (Wildman–Crippen MR) is 109 cm³/mol. The summed E-state index contributed by atoms with van der Waals surface area (Å²) >= 11 is 0. The van der Waals surface area contributed by atoms with E-state index in [0.29, 0.717) is 5.52 Å². The van der Waals surface area contributed by atoms with Crippen molar-refractivity contribution in [2.75, 3.05) is 5.32 Å². The molecule has 4 nitrogen and oxygen atoms in total. The molecule has 2 N–H and O–H groups in total. The monoisotopic (exact) mass is 355 g/mol. The lowest BCUT2D eigenvalue weighted by molar-refractivity contribution is 0.471. The molecular weight excluding hydrogens is 334 g/mol. The second kappa shape index (κ2) is 7.08. The molecule has 2 aromatic heterocycles. The zero-order chi connectivity index (χ0) is 18.8. The summed E-state index contributed by atoms with van der Waals surface area (Å²) in [5.41, 5.74) is 4.41. The smallest absolute Gasteiger partial charge is 0.147 e. The lowest BCUT2D eigenvalue weighted by atomic mass is 9.96. The second-order valence-electron chi connectivity index (χ2n) is 6.74. The highest BCUT2D eigenvalue weighted by Crippen LogP contribution is 2.36. The summed E-state index contributed by atoms with van der Waals surface area (Å²) in [6, 6.07) is 21.7. The van der Waals surface area contributed by atoms with Gasteiger partial charge in [0, 0.05) is 22.8 Å². The lowest BCUT2D eigenvalue weighted by Crippen LogP contribution is -2.13. The first-order chi connectivity index (χ1) is 13.1. The first-order valence-corrected chi connectivity index (χ1v) is 8.95. The van der Waals surface area contributed by atoms with Gasteiger partial charge in [-0.15, -0.1) is 0 Å². The first kappa shape index (κ1) is 17.0. The highest BCUT2D eigenvalue weighted by molar-refractivity contribution is 5.86. The van der Waals surface area contributed by atoms with E-state index in [0.717, 1.165) is 33.6 Å². The van der Waals surface area contributed by atoms with Crippen LogP contribution in [-0.4, -0.2) is 15.1 Å². The van der Waals surface area contributed by atoms with Crippen LogP contribution in [0.25, 0.3) is 10.9 Å². The SMILES string of the molecule is Cc1ccc(NC(c2ccccc2)c2ccc3ccc(C)nc3c2O)nc1. The number of phenols is 1. The molecule has 4 heteroatoms. The average Bonchev–Trinajstić information content (AvgIpc) is 2.69. The fourth-order valence-electron chi connectivity index (χ4n) is 3.21. The molecule has 2 aromatic carbocycles. The van der Waals surface area contributed by atoms with Crippen LogP contribution in [0.4, 0.5) is 5.82 Å². The Hall–Kier alpha value is -3.40. The molecule has 0 radical (unpaired) electrons. The van der Waals surface area contributed by atoms with Crippen LogP contribution in [-0.2, 0) is 0 Å². The van der Waals surface area contributed by atoms with E-state index in [2.05, 4.69) is 15.3 Å². The fourth-order valence-corrected chi connectivity index (χ4v) is 3.21. The molecule has 4 aromatic rings. The molecule has 134 valence electrons. The fraction of sp³-hybridized carbons (Fsp3) is 0.130. The normalized spacial score (nSPS) is 12.1. The number of aromatic nitrogens is 2. The third kappa shape index (κ3) is 3.47. The van der Waals surface area contributed by atoms with Gasteiger partial charge in [0.25, 0.3) is 0 Å². The van der Waals surface area contributed by atoms with Crippen molar-refractivity contribution in [2.24, 2.45) is 0 Å². The number of nitrogens with zero attached hydrogens (tertiary/aromatic N) is 2. The van der Waals surface area contributed by atoms with E-state index >= 15 is 0 Å². The Labute approximate surface area is 158 Å². The van der Waals surface area contributed by atoms with Gasteiger partial charge in [0.05, 0.1) is 6.04 Å². The number of phenolic OH excluding ortho intramolecular Hbond substituents is 1. The number of anilines is 1. The van der Waals surface area contributed by atoms with E-state index in [4.69, 9.17) is 0 Å². The van der Waals surface area contributed by atoms with E-state index in [1.165, 1.54) is 0 Å². The zero-order valence-electron chi connectivity index (χ0n) is 15.3. The molecule has 2 heterocycles. The van der Waals surface area contributed by atoms with Crippen molar-refractivity contribution < 1.29 is 5.11 Å². The number of aryl methyl sites for hydroxylation is 2. The number of rotatable bonds is 4. The molecule has 27 heavy (non-hydrogen) atoms. The Morgan fingerprint density at radius 3 is 2.41 bits per heavy atom. The summed E-state index contributed by atoms with van der Waals surface area (Å²) in [7, 11) is 0. The van der Waals surface area contributed by atoms with Gasteiger partial charge in [-0.2, -0.15) is 0 Å². The van der Waals surface area contributed by atoms with Gasteiger partial charge in [-0.25, -0.2) is 9.97 Å². The van der Waals surface area contributed by atoms with Crippen LogP contribution < -0.4 is 5.32 Å². The van der Waals surface area contributed by atoms with Crippen LogP contribution >= 0.6 is 0 Å². The number of fused-ring (bicyclic) bond motifs is 1. The molecule has 0 saturated carbocycles. The molecule has 0 bridgehead atoms. The molecule has 0 amide bonds. The number of hydrogen-bond acceptors (Lipinski definition) is 4. The molecule has 0 aliphatic rings. The maximum Gasteiger partial charge on any atom is 0.147 e. The highest BCUT2D eigenvalue weighted by atomic mass is 16.3. The van der Waals surface area contributed by atoms with Crippen molar-refractivity contribution in [2.45, 2.75) is 19.9 Å². The van der Waals surface area contributed by atoms with Crippen LogP contribution in [0.15, 0.2) is 72.9 Å². The van der Waals surface area contributed by atoms with Crippen LogP contribution in [0.3, 0.4) is 0 Å². The maximum absolute atomic E-state index is 11.0. The first-order valence-electron chi connectivity index (χ1n) is 8.95. The van der Waals surface area contributed by atoms with Gasteiger partial charge in [-0.05, 0) is 37.1 Å². The average molecular weight is 355 g/mol. The van der Waals surface area contributed by atoms with Crippen molar-refractivity contribution in [1.82, 2.24) is 9.97 Å². The minimum Gasteiger partial charge on any atom is -0.505 e. The van der Waals surface area contributed by atoms with E-state index in [9.17, 15) is 5.11 Å². The van der Waals surface area contributed by atoms with Crippen molar-refractivity contribution in [1.29, 1.82) is 0 Å². The Morgan fingerprint density at radius 2 is 1.67 bits per heavy atom. The molecule has 0 spiro atoms. The van der Waals surface area contributed by atoms with Gasteiger partial charge in [0.15, 0.2) is 0 Å². The van der Waals surface area contributed by atoms with Gasteiger partial charge in [0.2, 0.25) is 0 Å². The summed E-state index contributed by atoms with van der Waals surface area (Å²) in [6.07, 6.45) is 1.83. The van der Waals surface area contributed by atoms with E-state index < -0.39 is 0 Å². The number of pyridine rings is 2. The van der Waals surface area contributed by atoms with Crippen molar-refractivity contribution in [3.8, 4) is 5.75 Å². The van der Waals surface area contributed by atoms with Crippen LogP contribution in [0.1, 0.15) is 28.4 Å². The molecular formula is C23H21N3O. The predicted octanol–water partition coefficient (Wildman–Crippen LogP) is 5.15. The summed E-state index contributed by atoms with van der Waals surface area (Å²) in [6.45, 7) is 3.93. The van der Waals surface area contributed by atoms with Crippen molar-refractivity contribution in [3.05, 3.63) is 95.3 Å². The van der Waals surface area contributed by atoms with Gasteiger partial charge in [-0.3, -0.25) is 0 Å². The van der Waals surface area contributed by atoms with E-state index in [1.54, 1.807) is 0 Å². The molecule has 4 rings (SSSR count). The second-order valence-corrected chi connectivity index (χ2v) is 6.74. The van der Waals surface area contributed by atoms with E-state index in [-0.39, 0.29) is 11.8 Å². The summed E-state index contributed by atoms with van der Waals surface area (Å²) in [4.78, 5) is 9.00. The highest BCUT2D eigenvalue weighted by Gasteiger charge is 2.20. The number of benzene rings is 2. The Balaban J connectivity index is 1.84. The Bertz CT molecular complexity index is 1080. The molecule has 0 aliphatic carbocycles. The third-order valence-corrected chi connectivity index (χ3v) is 4.65. The number of hydrogen-bond donors (Lipinski definition) is 2. The summed E-state index contributed by atoms with van der Waals surface area (Å²) in [5, 5.41) is 15.4. The number of aromatic hydroxyl groups is 1. The standard InChI is InChI=1S/C23H21N3O/c1-15-8-13-20(24-14-15)26-21(17-6-4-3-5-7-17)19-12-11-18-10-9-16(2)25-22(18)23(19)27/h3-14,21,27H,1-2H3,(H,24,26). The third-order valence-electron chi connectivity index (χ3n) is 4.65. The van der Waals surface area contributed by atoms with Gasteiger partial charge in [0.1, 0.15) is 17.1 Å². The maximum atomic E-state index is 11.0. The Kier molecular flexibility index (Phi) is 4.47. The van der Waals surface area contributed by atoms with Gasteiger partial charge in [-0.1, -0.05) is 54.6 Å². The van der Waals surface area contributed by atoms with E-state index in [1.807, 2.05) is 86.8 Å². The number of nitrogens with one attached hydrogen (secondary N) is 1. The molecule has 0 saturated heterocycles. The topological polar surface area (TPSA) is 58.0 Å². The largest absolute Gasteiger partial charge is 0.505 e. The van der Waals surface area contributed by atoms with Gasteiger partial charge >= 0.3 is 0 Å². The van der Waals surface area contributed by atoms with Crippen LogP contribution in [0.2, 0.25) is 0 Å². The van der Waals surface area contributed by atoms with Crippen molar-refractivity contribution in [3.63, 3.8) is 0 Å². The molecule has 0 aliphatic heterocycles. The minimum atomic E-state index is -0.242. The summed E-state index contributed by atoms with van der Waals surface area (Å²) in [5.74, 6) is 0.954. The quantitative estimate of drug-likeness (QED) is 0.531. The Morgan fingerprint density at radius 1 is 0.889 bits per heavy atom. The van der Waals surface area contributed by atoms with Crippen LogP contribution in [0.5, 0.6) is 5.75 Å². The summed E-state index contributed by atoms with van der Waals surface area (Å²) < 4.78 is 0. The van der Waals surface area contributed by atoms with Crippen LogP contribution in [0, 0.1) is 13.8 Å². The molecule has 0 fully saturated rings. The minimum absolute atomic E-state index is 0.199.